The van der Waals surface area contributed by atoms with E-state index >= 15 is 0 Å². The first kappa shape index (κ1) is 17.7. The van der Waals surface area contributed by atoms with Gasteiger partial charge in [-0.2, -0.15) is 0 Å². The SMILES string of the molecule is CC(C)Oc1ccc(F)cc1NC(=O)C1CCCNC1.Cl. The molecule has 1 amide bonds. The lowest BCUT2D eigenvalue weighted by atomic mass is 9.99. The summed E-state index contributed by atoms with van der Waals surface area (Å²) < 4.78 is 18.9. The monoisotopic (exact) mass is 316 g/mol. The minimum atomic E-state index is -0.391. The molecule has 21 heavy (non-hydrogen) atoms. The van der Waals surface area contributed by atoms with Gasteiger partial charge in [-0.1, -0.05) is 0 Å². The minimum absolute atomic E-state index is 0. The molecule has 2 N–H and O–H groups in total. The number of benzene rings is 1. The molecule has 1 saturated heterocycles. The average molecular weight is 317 g/mol. The molecular weight excluding hydrogens is 295 g/mol. The van der Waals surface area contributed by atoms with Gasteiger partial charge in [0.1, 0.15) is 11.6 Å². The molecule has 1 unspecified atom stereocenters. The van der Waals surface area contributed by atoms with Gasteiger partial charge < -0.3 is 15.4 Å². The second-order valence-corrected chi connectivity index (χ2v) is 5.34. The van der Waals surface area contributed by atoms with Crippen LogP contribution in [0.25, 0.3) is 0 Å². The van der Waals surface area contributed by atoms with E-state index in [1.54, 1.807) is 6.07 Å². The molecule has 1 aliphatic heterocycles. The number of halogens is 2. The predicted octanol–water partition coefficient (Wildman–Crippen LogP) is 2.97. The van der Waals surface area contributed by atoms with E-state index < -0.39 is 5.82 Å². The highest BCUT2D eigenvalue weighted by molar-refractivity contribution is 5.94. The Bertz CT molecular complexity index is 477. The van der Waals surface area contributed by atoms with E-state index in [1.807, 2.05) is 13.8 Å². The maximum absolute atomic E-state index is 13.4. The zero-order chi connectivity index (χ0) is 14.5. The van der Waals surface area contributed by atoms with E-state index in [1.165, 1.54) is 12.1 Å². The summed E-state index contributed by atoms with van der Waals surface area (Å²) in [7, 11) is 0. The van der Waals surface area contributed by atoms with Crippen molar-refractivity contribution < 1.29 is 13.9 Å². The Labute approximate surface area is 130 Å². The van der Waals surface area contributed by atoms with Crippen molar-refractivity contribution in [1.82, 2.24) is 5.32 Å². The quantitative estimate of drug-likeness (QED) is 0.898. The predicted molar refractivity (Wildman–Crippen MR) is 83.6 cm³/mol. The van der Waals surface area contributed by atoms with Crippen LogP contribution in [0, 0.1) is 11.7 Å². The number of nitrogens with one attached hydrogen (secondary N) is 2. The normalized spacial score (nSPS) is 18.0. The summed E-state index contributed by atoms with van der Waals surface area (Å²) in [5.74, 6) is -0.0491. The Morgan fingerprint density at radius 1 is 1.48 bits per heavy atom. The van der Waals surface area contributed by atoms with Gasteiger partial charge >= 0.3 is 0 Å². The van der Waals surface area contributed by atoms with Gasteiger partial charge in [0.15, 0.2) is 0 Å². The van der Waals surface area contributed by atoms with Crippen LogP contribution in [-0.4, -0.2) is 25.1 Å². The van der Waals surface area contributed by atoms with Gasteiger partial charge in [0, 0.05) is 12.6 Å². The van der Waals surface area contributed by atoms with Gasteiger partial charge in [-0.05, 0) is 45.4 Å². The van der Waals surface area contributed by atoms with Gasteiger partial charge in [-0.3, -0.25) is 4.79 Å². The summed E-state index contributed by atoms with van der Waals surface area (Å²) in [6.07, 6.45) is 1.80. The van der Waals surface area contributed by atoms with Crippen molar-refractivity contribution in [1.29, 1.82) is 0 Å². The molecule has 4 nitrogen and oxygen atoms in total. The maximum atomic E-state index is 13.4. The molecular formula is C15H22ClFN2O2. The number of amides is 1. The van der Waals surface area contributed by atoms with Gasteiger partial charge in [-0.25, -0.2) is 4.39 Å². The number of anilines is 1. The first-order valence-electron chi connectivity index (χ1n) is 7.04. The van der Waals surface area contributed by atoms with Crippen LogP contribution < -0.4 is 15.4 Å². The van der Waals surface area contributed by atoms with Crippen LogP contribution in [0.5, 0.6) is 5.75 Å². The molecule has 0 radical (unpaired) electrons. The number of piperidine rings is 1. The Hall–Kier alpha value is -1.33. The van der Waals surface area contributed by atoms with Gasteiger partial charge in [0.05, 0.1) is 17.7 Å². The first-order valence-corrected chi connectivity index (χ1v) is 7.04. The number of rotatable bonds is 4. The zero-order valence-corrected chi connectivity index (χ0v) is 13.1. The van der Waals surface area contributed by atoms with Gasteiger partial charge in [-0.15, -0.1) is 12.4 Å². The maximum Gasteiger partial charge on any atom is 0.228 e. The van der Waals surface area contributed by atoms with E-state index in [2.05, 4.69) is 10.6 Å². The van der Waals surface area contributed by atoms with E-state index in [9.17, 15) is 9.18 Å². The van der Waals surface area contributed by atoms with Crippen LogP contribution in [0.3, 0.4) is 0 Å². The highest BCUT2D eigenvalue weighted by atomic mass is 35.5. The number of hydrogen-bond donors (Lipinski definition) is 2. The summed E-state index contributed by atoms with van der Waals surface area (Å²) in [5, 5.41) is 5.98. The van der Waals surface area contributed by atoms with Crippen LogP contribution >= 0.6 is 12.4 Å². The van der Waals surface area contributed by atoms with Crippen molar-refractivity contribution in [3.05, 3.63) is 24.0 Å². The Morgan fingerprint density at radius 3 is 2.86 bits per heavy atom. The molecule has 0 saturated carbocycles. The van der Waals surface area contributed by atoms with E-state index in [4.69, 9.17) is 4.74 Å². The van der Waals surface area contributed by atoms with Crippen LogP contribution in [0.2, 0.25) is 0 Å². The second kappa shape index (κ2) is 8.20. The number of carbonyl (C=O) groups is 1. The molecule has 1 aromatic rings. The molecule has 1 heterocycles. The fraction of sp³-hybridized carbons (Fsp3) is 0.533. The average Bonchev–Trinajstić information content (AvgIpc) is 2.42. The summed E-state index contributed by atoms with van der Waals surface area (Å²) in [5.41, 5.74) is 0.397. The fourth-order valence-corrected chi connectivity index (χ4v) is 2.27. The second-order valence-electron chi connectivity index (χ2n) is 5.34. The topological polar surface area (TPSA) is 50.4 Å². The molecule has 1 aliphatic rings. The largest absolute Gasteiger partial charge is 0.489 e. The third-order valence-electron chi connectivity index (χ3n) is 3.23. The van der Waals surface area contributed by atoms with Crippen molar-refractivity contribution in [2.75, 3.05) is 18.4 Å². The highest BCUT2D eigenvalue weighted by Crippen LogP contribution is 2.27. The lowest BCUT2D eigenvalue weighted by Crippen LogP contribution is -2.37. The summed E-state index contributed by atoms with van der Waals surface area (Å²) >= 11 is 0. The molecule has 1 aromatic carbocycles. The molecule has 1 fully saturated rings. The number of hydrogen-bond acceptors (Lipinski definition) is 3. The van der Waals surface area contributed by atoms with Gasteiger partial charge in [0.2, 0.25) is 5.91 Å². The molecule has 6 heteroatoms. The van der Waals surface area contributed by atoms with Crippen molar-refractivity contribution in [3.63, 3.8) is 0 Å². The fourth-order valence-electron chi connectivity index (χ4n) is 2.27. The number of carbonyl (C=O) groups excluding carboxylic acids is 1. The highest BCUT2D eigenvalue weighted by Gasteiger charge is 2.22. The summed E-state index contributed by atoms with van der Waals surface area (Å²) in [6, 6.07) is 4.17. The van der Waals surface area contributed by atoms with E-state index in [-0.39, 0.29) is 30.3 Å². The molecule has 2 rings (SSSR count). The van der Waals surface area contributed by atoms with Gasteiger partial charge in [0.25, 0.3) is 0 Å². The minimum Gasteiger partial charge on any atom is -0.489 e. The molecule has 118 valence electrons. The summed E-state index contributed by atoms with van der Waals surface area (Å²) in [6.45, 7) is 5.40. The third-order valence-corrected chi connectivity index (χ3v) is 3.23. The van der Waals surface area contributed by atoms with Crippen molar-refractivity contribution in [2.24, 2.45) is 5.92 Å². The molecule has 0 spiro atoms. The molecule has 1 atom stereocenters. The van der Waals surface area contributed by atoms with E-state index in [0.717, 1.165) is 19.4 Å². The summed E-state index contributed by atoms with van der Waals surface area (Å²) in [4.78, 5) is 12.2. The Balaban J connectivity index is 0.00000220. The lowest BCUT2D eigenvalue weighted by Gasteiger charge is -2.23. The van der Waals surface area contributed by atoms with E-state index in [0.29, 0.717) is 18.0 Å². The first-order chi connectivity index (χ1) is 9.56. The zero-order valence-electron chi connectivity index (χ0n) is 12.3. The number of ether oxygens (including phenoxy) is 1. The van der Waals surface area contributed by atoms with Crippen LogP contribution in [-0.2, 0) is 4.79 Å². The lowest BCUT2D eigenvalue weighted by molar-refractivity contribution is -0.120. The molecule has 0 aliphatic carbocycles. The van der Waals surface area contributed by atoms with Crippen LogP contribution in [0.15, 0.2) is 18.2 Å². The molecule has 0 aromatic heterocycles. The third kappa shape index (κ3) is 5.17. The van der Waals surface area contributed by atoms with Crippen LogP contribution in [0.1, 0.15) is 26.7 Å². The Morgan fingerprint density at radius 2 is 2.24 bits per heavy atom. The standard InChI is InChI=1S/C15H21FN2O2.ClH/c1-10(2)20-14-6-5-12(16)8-13(14)18-15(19)11-4-3-7-17-9-11;/h5-6,8,10-11,17H,3-4,7,9H2,1-2H3,(H,18,19);1H. The van der Waals surface area contributed by atoms with Crippen molar-refractivity contribution >= 4 is 24.0 Å². The smallest absolute Gasteiger partial charge is 0.228 e. The van der Waals surface area contributed by atoms with Crippen molar-refractivity contribution in [3.8, 4) is 5.75 Å². The Kier molecular flexibility index (Phi) is 6.92. The van der Waals surface area contributed by atoms with Crippen LogP contribution in [0.4, 0.5) is 10.1 Å². The molecule has 0 bridgehead atoms. The van der Waals surface area contributed by atoms with Crippen molar-refractivity contribution in [2.45, 2.75) is 32.8 Å².